The second-order valence-electron chi connectivity index (χ2n) is 4.76. The van der Waals surface area contributed by atoms with Crippen LogP contribution in [-0.4, -0.2) is 59.9 Å². The van der Waals surface area contributed by atoms with Gasteiger partial charge in [0.25, 0.3) is 0 Å². The summed E-state index contributed by atoms with van der Waals surface area (Å²) in [5.74, 6) is -0.325. The first-order valence-electron chi connectivity index (χ1n) is 6.56. The number of thiocarbonyl (C=S) groups is 1. The van der Waals surface area contributed by atoms with Gasteiger partial charge in [-0.2, -0.15) is 0 Å². The highest BCUT2D eigenvalue weighted by atomic mass is 32.1. The monoisotopic (exact) mass is 307 g/mol. The lowest BCUT2D eigenvalue weighted by molar-refractivity contribution is -0.155. The van der Waals surface area contributed by atoms with Gasteiger partial charge in [-0.3, -0.25) is 9.59 Å². The van der Waals surface area contributed by atoms with Crippen LogP contribution < -0.4 is 10.5 Å². The van der Waals surface area contributed by atoms with Crippen LogP contribution >= 0.6 is 12.2 Å². The van der Waals surface area contributed by atoms with Crippen LogP contribution in [0.4, 0.5) is 0 Å². The van der Waals surface area contributed by atoms with Crippen molar-refractivity contribution in [2.45, 2.75) is 0 Å². The van der Waals surface area contributed by atoms with Crippen molar-refractivity contribution in [2.75, 3.05) is 33.3 Å². The van der Waals surface area contributed by atoms with Crippen LogP contribution in [0.3, 0.4) is 0 Å². The molecule has 0 atom stereocenters. The van der Waals surface area contributed by atoms with E-state index in [1.54, 1.807) is 31.3 Å². The summed E-state index contributed by atoms with van der Waals surface area (Å²) >= 11 is 4.90. The standard InChI is InChI=1S/C14H17N3O3S/c1-16-5-6-17(14(19)13(16)18)7-8-20-11-4-2-3-10(9-11)12(15)21/h2-4,9H,5-8H2,1H3,(H2,15,21). The smallest absolute Gasteiger partial charge is 0.312 e. The third kappa shape index (κ3) is 3.69. The van der Waals surface area contributed by atoms with E-state index >= 15 is 0 Å². The predicted molar refractivity (Wildman–Crippen MR) is 82.0 cm³/mol. The Balaban J connectivity index is 1.87. The molecule has 1 aromatic rings. The number of carbonyl (C=O) groups excluding carboxylic acids is 2. The maximum atomic E-state index is 11.8. The Morgan fingerprint density at radius 2 is 2.10 bits per heavy atom. The topological polar surface area (TPSA) is 75.9 Å². The molecule has 2 amide bonds. The molecule has 1 aliphatic heterocycles. The molecule has 0 saturated carbocycles. The molecule has 1 heterocycles. The van der Waals surface area contributed by atoms with E-state index in [0.717, 1.165) is 5.56 Å². The average Bonchev–Trinajstić information content (AvgIpc) is 2.47. The number of rotatable bonds is 5. The Kier molecular flexibility index (Phi) is 4.74. The molecule has 2 rings (SSSR count). The fourth-order valence-electron chi connectivity index (χ4n) is 2.00. The number of piperazine rings is 1. The number of hydrogen-bond donors (Lipinski definition) is 1. The summed E-state index contributed by atoms with van der Waals surface area (Å²) in [5, 5.41) is 0. The first-order chi connectivity index (χ1) is 9.99. The largest absolute Gasteiger partial charge is 0.492 e. The van der Waals surface area contributed by atoms with Gasteiger partial charge in [0.2, 0.25) is 0 Å². The van der Waals surface area contributed by atoms with Gasteiger partial charge in [-0.25, -0.2) is 0 Å². The van der Waals surface area contributed by atoms with Gasteiger partial charge in [-0.15, -0.1) is 0 Å². The van der Waals surface area contributed by atoms with E-state index in [9.17, 15) is 9.59 Å². The van der Waals surface area contributed by atoms with Gasteiger partial charge in [0, 0.05) is 25.7 Å². The van der Waals surface area contributed by atoms with Crippen molar-refractivity contribution in [1.82, 2.24) is 9.80 Å². The van der Waals surface area contributed by atoms with Gasteiger partial charge in [0.15, 0.2) is 0 Å². The molecule has 6 nitrogen and oxygen atoms in total. The first kappa shape index (κ1) is 15.2. The zero-order chi connectivity index (χ0) is 15.4. The van der Waals surface area contributed by atoms with Gasteiger partial charge in [-0.05, 0) is 12.1 Å². The fourth-order valence-corrected chi connectivity index (χ4v) is 2.13. The average molecular weight is 307 g/mol. The summed E-state index contributed by atoms with van der Waals surface area (Å²) in [5.41, 5.74) is 6.29. The minimum Gasteiger partial charge on any atom is -0.492 e. The Hall–Kier alpha value is -2.15. The zero-order valence-electron chi connectivity index (χ0n) is 11.7. The molecule has 1 fully saturated rings. The lowest BCUT2D eigenvalue weighted by atomic mass is 10.2. The predicted octanol–water partition coefficient (Wildman–Crippen LogP) is 0.000200. The van der Waals surface area contributed by atoms with E-state index in [4.69, 9.17) is 22.7 Å². The SMILES string of the molecule is CN1CCN(CCOc2cccc(C(N)=S)c2)C(=O)C1=O. The highest BCUT2D eigenvalue weighted by molar-refractivity contribution is 7.80. The number of likely N-dealkylation sites (N-methyl/N-ethyl adjacent to an activating group) is 1. The molecule has 1 aromatic carbocycles. The molecule has 0 bridgehead atoms. The first-order valence-corrected chi connectivity index (χ1v) is 6.97. The number of amides is 2. The molecule has 1 saturated heterocycles. The van der Waals surface area contributed by atoms with E-state index in [1.165, 1.54) is 9.80 Å². The molecular formula is C14H17N3O3S. The quantitative estimate of drug-likeness (QED) is 0.612. The van der Waals surface area contributed by atoms with E-state index in [2.05, 4.69) is 0 Å². The highest BCUT2D eigenvalue weighted by Gasteiger charge is 2.29. The number of hydrogen-bond acceptors (Lipinski definition) is 4. The van der Waals surface area contributed by atoms with Gasteiger partial charge in [0.05, 0.1) is 6.54 Å². The van der Waals surface area contributed by atoms with Gasteiger partial charge >= 0.3 is 11.8 Å². The molecule has 112 valence electrons. The Bertz CT molecular complexity index is 576. The van der Waals surface area contributed by atoms with Crippen molar-refractivity contribution >= 4 is 29.0 Å². The zero-order valence-corrected chi connectivity index (χ0v) is 12.6. The second kappa shape index (κ2) is 6.53. The van der Waals surface area contributed by atoms with Crippen LogP contribution in [0.1, 0.15) is 5.56 Å². The van der Waals surface area contributed by atoms with E-state index in [1.807, 2.05) is 0 Å². The third-order valence-corrected chi connectivity index (χ3v) is 3.51. The maximum absolute atomic E-state index is 11.8. The van der Waals surface area contributed by atoms with Gasteiger partial charge < -0.3 is 20.3 Å². The van der Waals surface area contributed by atoms with Crippen molar-refractivity contribution in [1.29, 1.82) is 0 Å². The summed E-state index contributed by atoms with van der Waals surface area (Å²) in [6.45, 7) is 1.75. The minimum absolute atomic E-state index is 0.306. The summed E-state index contributed by atoms with van der Waals surface area (Å²) in [6.07, 6.45) is 0. The summed E-state index contributed by atoms with van der Waals surface area (Å²) in [6, 6.07) is 7.14. The Labute approximate surface area is 128 Å². The van der Waals surface area contributed by atoms with Crippen LogP contribution in [0.5, 0.6) is 5.75 Å². The normalized spacial score (nSPS) is 15.3. The minimum atomic E-state index is -0.482. The van der Waals surface area contributed by atoms with E-state index < -0.39 is 11.8 Å². The number of ether oxygens (including phenoxy) is 1. The number of nitrogens with two attached hydrogens (primary N) is 1. The second-order valence-corrected chi connectivity index (χ2v) is 5.20. The third-order valence-electron chi connectivity index (χ3n) is 3.27. The molecular weight excluding hydrogens is 290 g/mol. The number of carbonyl (C=O) groups is 2. The van der Waals surface area contributed by atoms with E-state index in [-0.39, 0.29) is 0 Å². The fraction of sp³-hybridized carbons (Fsp3) is 0.357. The summed E-state index contributed by atoms with van der Waals surface area (Å²) in [7, 11) is 1.62. The molecule has 0 radical (unpaired) electrons. The highest BCUT2D eigenvalue weighted by Crippen LogP contribution is 2.13. The number of nitrogens with zero attached hydrogens (tertiary/aromatic N) is 2. The van der Waals surface area contributed by atoms with Crippen molar-refractivity contribution in [3.8, 4) is 5.75 Å². The molecule has 2 N–H and O–H groups in total. The Morgan fingerprint density at radius 1 is 1.33 bits per heavy atom. The summed E-state index contributed by atoms with van der Waals surface area (Å²) in [4.78, 5) is 26.5. The van der Waals surface area contributed by atoms with Crippen molar-refractivity contribution in [2.24, 2.45) is 5.73 Å². The molecule has 0 unspecified atom stereocenters. The van der Waals surface area contributed by atoms with Gasteiger partial charge in [-0.1, -0.05) is 24.4 Å². The molecule has 7 heteroatoms. The van der Waals surface area contributed by atoms with Gasteiger partial charge in [0.1, 0.15) is 17.3 Å². The molecule has 0 spiro atoms. The maximum Gasteiger partial charge on any atom is 0.312 e. The van der Waals surface area contributed by atoms with Crippen molar-refractivity contribution < 1.29 is 14.3 Å². The molecule has 21 heavy (non-hydrogen) atoms. The molecule has 0 aliphatic carbocycles. The molecule has 1 aliphatic rings. The van der Waals surface area contributed by atoms with Crippen molar-refractivity contribution in [3.05, 3.63) is 29.8 Å². The lowest BCUT2D eigenvalue weighted by Crippen LogP contribution is -2.53. The van der Waals surface area contributed by atoms with Crippen LogP contribution in [0.2, 0.25) is 0 Å². The van der Waals surface area contributed by atoms with Crippen LogP contribution in [-0.2, 0) is 9.59 Å². The molecule has 0 aromatic heterocycles. The van der Waals surface area contributed by atoms with Crippen molar-refractivity contribution in [3.63, 3.8) is 0 Å². The van der Waals surface area contributed by atoms with Crippen LogP contribution in [0, 0.1) is 0 Å². The van der Waals surface area contributed by atoms with Crippen LogP contribution in [0.25, 0.3) is 0 Å². The Morgan fingerprint density at radius 3 is 2.81 bits per heavy atom. The lowest BCUT2D eigenvalue weighted by Gasteiger charge is -2.31. The number of benzene rings is 1. The van der Waals surface area contributed by atoms with E-state index in [0.29, 0.717) is 37.0 Å². The van der Waals surface area contributed by atoms with Crippen LogP contribution in [0.15, 0.2) is 24.3 Å². The summed E-state index contributed by atoms with van der Waals surface area (Å²) < 4.78 is 5.58.